The first kappa shape index (κ1) is 1.34. The zero-order chi connectivity index (χ0) is 9.52. The van der Waals surface area contributed by atoms with Gasteiger partial charge in [-0.1, -0.05) is 0 Å². The molecule has 7 heavy (non-hydrogen) atoms. The van der Waals surface area contributed by atoms with E-state index in [2.05, 4.69) is 4.98 Å². The predicted octanol–water partition coefficient (Wildman–Crippen LogP) is 0.729. The van der Waals surface area contributed by atoms with E-state index in [9.17, 15) is 0 Å². The Hall–Kier alpha value is -0.790. The number of imidazole rings is 1. The summed E-state index contributed by atoms with van der Waals surface area (Å²) in [5.74, 6) is -0.211. The van der Waals surface area contributed by atoms with Crippen LogP contribution in [0.3, 0.4) is 0 Å². The molecular formula is C5H8N2. The Balaban J connectivity index is 3.28. The molecule has 0 spiro atoms. The summed E-state index contributed by atoms with van der Waals surface area (Å²) < 4.78 is 36.4. The topological polar surface area (TPSA) is 17.8 Å². The third-order valence-corrected chi connectivity index (χ3v) is 0.697. The molecule has 0 unspecified atom stereocenters. The van der Waals surface area contributed by atoms with Gasteiger partial charge in [-0.15, -0.1) is 0 Å². The van der Waals surface area contributed by atoms with E-state index < -0.39 is 6.85 Å². The van der Waals surface area contributed by atoms with Crippen LogP contribution in [0.1, 0.15) is 12.7 Å². The van der Waals surface area contributed by atoms with E-state index in [1.807, 2.05) is 0 Å². The lowest BCUT2D eigenvalue weighted by molar-refractivity contribution is 0.858. The van der Waals surface area contributed by atoms with Crippen molar-refractivity contribution in [2.45, 2.75) is 6.85 Å². The number of rotatable bonds is 0. The lowest BCUT2D eigenvalue weighted by Gasteiger charge is -1.87. The zero-order valence-electron chi connectivity index (χ0n) is 8.89. The van der Waals surface area contributed by atoms with Gasteiger partial charge >= 0.3 is 0 Å². The van der Waals surface area contributed by atoms with Crippen LogP contribution < -0.4 is 0 Å². The average molecular weight is 101 g/mol. The molecule has 1 aromatic heterocycles. The van der Waals surface area contributed by atoms with Crippen molar-refractivity contribution < 1.29 is 6.85 Å². The van der Waals surface area contributed by atoms with Gasteiger partial charge in [-0.3, -0.25) is 0 Å². The predicted molar refractivity (Wildman–Crippen MR) is 27.9 cm³/mol. The summed E-state index contributed by atoms with van der Waals surface area (Å²) >= 11 is 0. The van der Waals surface area contributed by atoms with Crippen LogP contribution in [0.25, 0.3) is 0 Å². The van der Waals surface area contributed by atoms with Crippen molar-refractivity contribution in [1.29, 1.82) is 0 Å². The van der Waals surface area contributed by atoms with E-state index in [0.29, 0.717) is 0 Å². The van der Waals surface area contributed by atoms with Gasteiger partial charge in [0, 0.05) is 23.5 Å². The van der Waals surface area contributed by atoms with Gasteiger partial charge in [0.2, 0.25) is 0 Å². The van der Waals surface area contributed by atoms with E-state index >= 15 is 0 Å². The van der Waals surface area contributed by atoms with Crippen molar-refractivity contribution in [3.8, 4) is 0 Å². The molecule has 0 aliphatic rings. The highest BCUT2D eigenvalue weighted by Gasteiger charge is 1.83. The van der Waals surface area contributed by atoms with E-state index in [1.165, 1.54) is 7.05 Å². The molecule has 0 aromatic carbocycles. The summed E-state index contributed by atoms with van der Waals surface area (Å²) in [4.78, 5) is 3.46. The number of nitrogens with zero attached hydrogens (tertiary/aromatic N) is 2. The lowest BCUT2D eigenvalue weighted by Crippen LogP contribution is -1.86. The summed E-state index contributed by atoms with van der Waals surface area (Å²) in [6.45, 7) is -2.34. The second-order valence-corrected chi connectivity index (χ2v) is 1.22. The van der Waals surface area contributed by atoms with E-state index in [-0.39, 0.29) is 18.2 Å². The van der Waals surface area contributed by atoms with Gasteiger partial charge in [0.05, 0.1) is 2.74 Å². The molecule has 0 aliphatic heterocycles. The molecule has 0 amide bonds. The molecule has 0 N–H and O–H groups in total. The molecule has 0 radical (unpaired) electrons. The van der Waals surface area contributed by atoms with Crippen LogP contribution in [0.5, 0.6) is 0 Å². The lowest BCUT2D eigenvalue weighted by atomic mass is 10.7. The van der Waals surface area contributed by atoms with Crippen LogP contribution in [0.2, 0.25) is 0 Å². The van der Waals surface area contributed by atoms with E-state index in [4.69, 9.17) is 6.85 Å². The molecule has 0 fully saturated rings. The quantitative estimate of drug-likeness (QED) is 0.471. The summed E-state index contributed by atoms with van der Waals surface area (Å²) in [5, 5.41) is 0. The van der Waals surface area contributed by atoms with Crippen LogP contribution in [0.15, 0.2) is 12.3 Å². The Morgan fingerprint density at radius 1 is 2.14 bits per heavy atom. The van der Waals surface area contributed by atoms with Gasteiger partial charge in [0.15, 0.2) is 0 Å². The molecule has 2 heteroatoms. The van der Waals surface area contributed by atoms with Crippen LogP contribution in [0, 0.1) is 6.85 Å². The SMILES string of the molecule is [2H]c1nc(C([2H])([2H])[2H])n(C)c1[2H]. The highest BCUT2D eigenvalue weighted by Crippen LogP contribution is 1.86. The fourth-order valence-corrected chi connectivity index (χ4v) is 0.281. The minimum Gasteiger partial charge on any atom is -0.338 e. The molecular weight excluding hydrogens is 88.1 g/mol. The highest BCUT2D eigenvalue weighted by molar-refractivity contribution is 4.85. The van der Waals surface area contributed by atoms with Gasteiger partial charge in [-0.25, -0.2) is 4.98 Å². The second kappa shape index (κ2) is 1.37. The second-order valence-electron chi connectivity index (χ2n) is 1.22. The van der Waals surface area contributed by atoms with Crippen LogP contribution in [-0.4, -0.2) is 9.55 Å². The normalized spacial score (nSPS) is 21.6. The number of aromatic nitrogens is 2. The summed E-state index contributed by atoms with van der Waals surface area (Å²) in [6.07, 6.45) is -0.482. The molecule has 0 saturated carbocycles. The molecule has 0 aliphatic carbocycles. The molecule has 1 heterocycles. The molecule has 0 atom stereocenters. The molecule has 0 bridgehead atoms. The molecule has 1 aromatic rings. The van der Waals surface area contributed by atoms with E-state index in [1.54, 1.807) is 0 Å². The fourth-order valence-electron chi connectivity index (χ4n) is 0.281. The maximum Gasteiger partial charge on any atom is 0.105 e. The van der Waals surface area contributed by atoms with Crippen molar-refractivity contribution in [1.82, 2.24) is 9.55 Å². The first-order chi connectivity index (χ1) is 5.34. The smallest absolute Gasteiger partial charge is 0.105 e. The molecule has 0 saturated heterocycles. The van der Waals surface area contributed by atoms with Crippen LogP contribution in [0.4, 0.5) is 0 Å². The maximum absolute atomic E-state index is 7.21. The number of hydrogen-bond acceptors (Lipinski definition) is 1. The first-order valence-corrected chi connectivity index (χ1v) is 1.84. The Kier molecular flexibility index (Phi) is 0.263. The maximum atomic E-state index is 7.21. The van der Waals surface area contributed by atoms with Gasteiger partial charge in [-0.2, -0.15) is 0 Å². The van der Waals surface area contributed by atoms with Gasteiger partial charge in [0.1, 0.15) is 5.82 Å². The van der Waals surface area contributed by atoms with Crippen LogP contribution >= 0.6 is 0 Å². The largest absolute Gasteiger partial charge is 0.338 e. The van der Waals surface area contributed by atoms with Gasteiger partial charge in [0.25, 0.3) is 0 Å². The van der Waals surface area contributed by atoms with Gasteiger partial charge < -0.3 is 4.57 Å². The molecule has 2 nitrogen and oxygen atoms in total. The van der Waals surface area contributed by atoms with Crippen molar-refractivity contribution in [3.05, 3.63) is 18.2 Å². The summed E-state index contributed by atoms with van der Waals surface area (Å²) in [5.41, 5.74) is 0. The standard InChI is InChI=1S/C5H8N2/c1-5-6-3-4-7(5)2/h3-4H,1-2H3/i1D3,3D,4D. The van der Waals surface area contributed by atoms with Gasteiger partial charge in [-0.05, 0) is 6.85 Å². The Morgan fingerprint density at radius 2 is 3.00 bits per heavy atom. The van der Waals surface area contributed by atoms with Crippen molar-refractivity contribution in [2.75, 3.05) is 0 Å². The first-order valence-electron chi connectivity index (χ1n) is 4.34. The molecule has 1 rings (SSSR count). The third-order valence-electron chi connectivity index (χ3n) is 0.697. The van der Waals surface area contributed by atoms with Crippen molar-refractivity contribution in [3.63, 3.8) is 0 Å². The Morgan fingerprint density at radius 3 is 3.29 bits per heavy atom. The minimum atomic E-state index is -2.34. The van der Waals surface area contributed by atoms with Crippen LogP contribution in [-0.2, 0) is 7.05 Å². The highest BCUT2D eigenvalue weighted by atomic mass is 15.0. The Bertz CT molecular complexity index is 300. The fraction of sp³-hybridized carbons (Fsp3) is 0.400. The van der Waals surface area contributed by atoms with Crippen molar-refractivity contribution in [2.24, 2.45) is 7.05 Å². The minimum absolute atomic E-state index is 0.180. The summed E-state index contributed by atoms with van der Waals surface area (Å²) in [6, 6.07) is 0. The van der Waals surface area contributed by atoms with Crippen molar-refractivity contribution >= 4 is 0 Å². The monoisotopic (exact) mass is 101 g/mol. The van der Waals surface area contributed by atoms with E-state index in [0.717, 1.165) is 4.57 Å². The third kappa shape index (κ3) is 0.633. The average Bonchev–Trinajstić information content (AvgIpc) is 2.15. The Labute approximate surface area is 49.8 Å². The summed E-state index contributed by atoms with van der Waals surface area (Å²) in [7, 11) is 1.41. The number of hydrogen-bond donors (Lipinski definition) is 0. The zero-order valence-corrected chi connectivity index (χ0v) is 3.89. The molecule has 38 valence electrons. The number of aryl methyl sites for hydroxylation is 1.